The number of aryl methyl sites for hydroxylation is 1. The lowest BCUT2D eigenvalue weighted by atomic mass is 10.1. The van der Waals surface area contributed by atoms with Crippen molar-refractivity contribution in [3.05, 3.63) is 29.8 Å². The Morgan fingerprint density at radius 3 is 2.06 bits per heavy atom. The van der Waals surface area contributed by atoms with Crippen LogP contribution in [0.4, 0.5) is 0 Å². The highest BCUT2D eigenvalue weighted by molar-refractivity contribution is 5.27. The molecule has 9 nitrogen and oxygen atoms in total. The Morgan fingerprint density at radius 2 is 1.52 bits per heavy atom. The number of nitrogens with zero attached hydrogens (tertiary/aromatic N) is 1. The molecular formula is C24H40N2O7. The maximum absolute atomic E-state index is 10.3. The van der Waals surface area contributed by atoms with Gasteiger partial charge in [0.15, 0.2) is 12.6 Å². The van der Waals surface area contributed by atoms with Gasteiger partial charge in [-0.25, -0.2) is 0 Å². The average molecular weight is 469 g/mol. The second-order valence-electron chi connectivity index (χ2n) is 8.78. The molecule has 1 aromatic carbocycles. The van der Waals surface area contributed by atoms with Gasteiger partial charge in [0.2, 0.25) is 0 Å². The predicted molar refractivity (Wildman–Crippen MR) is 123 cm³/mol. The summed E-state index contributed by atoms with van der Waals surface area (Å²) in [6.07, 6.45) is 0.183. The molecule has 6 atom stereocenters. The van der Waals surface area contributed by atoms with Crippen LogP contribution in [0.5, 0.6) is 5.75 Å². The average Bonchev–Trinajstić information content (AvgIpc) is 2.80. The summed E-state index contributed by atoms with van der Waals surface area (Å²) in [5.41, 5.74) is 6.84. The van der Waals surface area contributed by atoms with E-state index in [2.05, 4.69) is 17.0 Å². The molecule has 9 heteroatoms. The molecule has 0 radical (unpaired) electrons. The van der Waals surface area contributed by atoms with Crippen molar-refractivity contribution in [2.75, 3.05) is 46.0 Å². The molecule has 0 unspecified atom stereocenters. The molecule has 188 valence electrons. The fourth-order valence-electron chi connectivity index (χ4n) is 4.05. The number of nitrogens with two attached hydrogens (primary N) is 1. The summed E-state index contributed by atoms with van der Waals surface area (Å²) in [4.78, 5) is 2.10. The van der Waals surface area contributed by atoms with Gasteiger partial charge in [-0.1, -0.05) is 12.1 Å². The van der Waals surface area contributed by atoms with E-state index in [1.165, 1.54) is 5.56 Å². The molecule has 1 aromatic rings. The lowest BCUT2D eigenvalue weighted by molar-refractivity contribution is -0.257. The molecule has 4 N–H and O–H groups in total. The van der Waals surface area contributed by atoms with Gasteiger partial charge < -0.3 is 39.6 Å². The minimum absolute atomic E-state index is 0.237. The molecule has 0 aromatic heterocycles. The number of aliphatic hydroxyl groups excluding tert-OH is 2. The third kappa shape index (κ3) is 8.77. The summed E-state index contributed by atoms with van der Waals surface area (Å²) < 4.78 is 28.3. The van der Waals surface area contributed by atoms with E-state index in [0.29, 0.717) is 26.2 Å². The molecule has 0 bridgehead atoms. The van der Waals surface area contributed by atoms with E-state index in [1.54, 1.807) is 0 Å². The highest BCUT2D eigenvalue weighted by Crippen LogP contribution is 2.19. The minimum Gasteiger partial charge on any atom is -0.492 e. The van der Waals surface area contributed by atoms with Crippen molar-refractivity contribution < 1.29 is 33.9 Å². The van der Waals surface area contributed by atoms with Gasteiger partial charge in [-0.05, 0) is 57.4 Å². The molecule has 2 saturated heterocycles. The van der Waals surface area contributed by atoms with Crippen LogP contribution in [-0.4, -0.2) is 98.1 Å². The zero-order valence-electron chi connectivity index (χ0n) is 19.8. The quantitative estimate of drug-likeness (QED) is 0.385. The predicted octanol–water partition coefficient (Wildman–Crippen LogP) is 0.893. The van der Waals surface area contributed by atoms with Crippen molar-refractivity contribution in [2.45, 2.75) is 70.1 Å². The summed E-state index contributed by atoms with van der Waals surface area (Å²) >= 11 is 0. The van der Waals surface area contributed by atoms with Crippen LogP contribution in [0.1, 0.15) is 32.3 Å². The summed E-state index contributed by atoms with van der Waals surface area (Å²) in [7, 11) is 0. The number of aliphatic hydroxyl groups is 2. The standard InChI is InChI=1S/C24H40N2O7/c1-17-30-15-21(27)23(32-17)13-26(14-24-22(28)16-31-18(2)33-24)11-12-29-20-8-6-19(7-9-20)5-3-4-10-25/h6-9,17-18,21-24,27-28H,3-5,10-16,25H2,1-2H3/t17-,18-,21-,22-,23+,24+/m1/s1. The maximum Gasteiger partial charge on any atom is 0.155 e. The summed E-state index contributed by atoms with van der Waals surface area (Å²) in [6.45, 7) is 6.82. The van der Waals surface area contributed by atoms with Crippen molar-refractivity contribution in [1.29, 1.82) is 0 Å². The fourth-order valence-corrected chi connectivity index (χ4v) is 4.05. The van der Waals surface area contributed by atoms with Gasteiger partial charge in [-0.3, -0.25) is 4.90 Å². The van der Waals surface area contributed by atoms with Crippen molar-refractivity contribution in [2.24, 2.45) is 5.73 Å². The first kappa shape index (κ1) is 26.3. The van der Waals surface area contributed by atoms with Gasteiger partial charge in [0.25, 0.3) is 0 Å². The molecule has 0 amide bonds. The van der Waals surface area contributed by atoms with Crippen LogP contribution in [0, 0.1) is 0 Å². The highest BCUT2D eigenvalue weighted by Gasteiger charge is 2.34. The molecule has 2 heterocycles. The van der Waals surface area contributed by atoms with Crippen molar-refractivity contribution >= 4 is 0 Å². The Hall–Kier alpha value is -1.30. The zero-order chi connectivity index (χ0) is 23.6. The molecule has 0 aliphatic carbocycles. The van der Waals surface area contributed by atoms with E-state index >= 15 is 0 Å². The number of ether oxygens (including phenoxy) is 5. The summed E-state index contributed by atoms with van der Waals surface area (Å²) in [5.74, 6) is 0.810. The minimum atomic E-state index is -0.712. The van der Waals surface area contributed by atoms with Gasteiger partial charge in [-0.2, -0.15) is 0 Å². The lowest BCUT2D eigenvalue weighted by Crippen LogP contribution is -2.54. The SMILES string of the molecule is C[C@@H]1OC[C@@H](O)[C@H](CN(CCOc2ccc(CCCCN)cc2)C[C@@H]2O[C@H](C)OC[C@H]2O)O1. The molecule has 2 fully saturated rings. The molecular weight excluding hydrogens is 428 g/mol. The molecule has 33 heavy (non-hydrogen) atoms. The number of unbranched alkanes of at least 4 members (excludes halogenated alkanes) is 1. The smallest absolute Gasteiger partial charge is 0.155 e. The lowest BCUT2D eigenvalue weighted by Gasteiger charge is -2.39. The Kier molecular flexibility index (Phi) is 10.8. The second-order valence-corrected chi connectivity index (χ2v) is 8.78. The van der Waals surface area contributed by atoms with Gasteiger partial charge in [0.1, 0.15) is 36.8 Å². The number of benzene rings is 1. The van der Waals surface area contributed by atoms with Crippen LogP contribution in [-0.2, 0) is 25.4 Å². The van der Waals surface area contributed by atoms with Crippen LogP contribution in [0.15, 0.2) is 24.3 Å². The second kappa shape index (κ2) is 13.6. The number of hydrogen-bond acceptors (Lipinski definition) is 9. The zero-order valence-corrected chi connectivity index (χ0v) is 19.8. The normalized spacial score (nSPS) is 30.5. The van der Waals surface area contributed by atoms with Crippen molar-refractivity contribution in [3.63, 3.8) is 0 Å². The largest absolute Gasteiger partial charge is 0.492 e. The molecule has 0 spiro atoms. The highest BCUT2D eigenvalue weighted by atomic mass is 16.7. The molecule has 3 rings (SSSR count). The third-order valence-corrected chi connectivity index (χ3v) is 5.99. The first-order valence-corrected chi connectivity index (χ1v) is 12.0. The van der Waals surface area contributed by atoms with Gasteiger partial charge in [0, 0.05) is 19.6 Å². The Morgan fingerprint density at radius 1 is 0.939 bits per heavy atom. The Balaban J connectivity index is 1.54. The summed E-state index contributed by atoms with van der Waals surface area (Å²) in [6, 6.07) is 8.15. The van der Waals surface area contributed by atoms with E-state index in [1.807, 2.05) is 26.0 Å². The van der Waals surface area contributed by atoms with Crippen molar-refractivity contribution in [1.82, 2.24) is 4.90 Å². The molecule has 2 aliphatic heterocycles. The molecule has 2 aliphatic rings. The van der Waals surface area contributed by atoms with Crippen LogP contribution in [0.2, 0.25) is 0 Å². The van der Waals surface area contributed by atoms with Gasteiger partial charge >= 0.3 is 0 Å². The van der Waals surface area contributed by atoms with Crippen LogP contribution in [0.3, 0.4) is 0 Å². The van der Waals surface area contributed by atoms with Crippen LogP contribution in [0.25, 0.3) is 0 Å². The van der Waals surface area contributed by atoms with E-state index in [0.717, 1.165) is 31.6 Å². The fraction of sp³-hybridized carbons (Fsp3) is 0.750. The maximum atomic E-state index is 10.3. The Labute approximate surface area is 196 Å². The number of rotatable bonds is 12. The third-order valence-electron chi connectivity index (χ3n) is 5.99. The van der Waals surface area contributed by atoms with Crippen LogP contribution < -0.4 is 10.5 Å². The summed E-state index contributed by atoms with van der Waals surface area (Å²) in [5, 5.41) is 20.7. The van der Waals surface area contributed by atoms with Crippen LogP contribution >= 0.6 is 0 Å². The van der Waals surface area contributed by atoms with Gasteiger partial charge in [0.05, 0.1) is 13.2 Å². The van der Waals surface area contributed by atoms with E-state index in [-0.39, 0.29) is 25.8 Å². The van der Waals surface area contributed by atoms with E-state index in [4.69, 9.17) is 29.4 Å². The molecule has 0 saturated carbocycles. The van der Waals surface area contributed by atoms with E-state index < -0.39 is 24.4 Å². The van der Waals surface area contributed by atoms with E-state index in [9.17, 15) is 10.2 Å². The first-order chi connectivity index (χ1) is 15.9. The topological polar surface area (TPSA) is 116 Å². The van der Waals surface area contributed by atoms with Crippen molar-refractivity contribution in [3.8, 4) is 5.75 Å². The Bertz CT molecular complexity index is 649. The number of hydrogen-bond donors (Lipinski definition) is 3. The monoisotopic (exact) mass is 468 g/mol. The first-order valence-electron chi connectivity index (χ1n) is 12.0. The van der Waals surface area contributed by atoms with Gasteiger partial charge in [-0.15, -0.1) is 0 Å².